The molecule has 0 bridgehead atoms. The summed E-state index contributed by atoms with van der Waals surface area (Å²) in [4.78, 5) is 4.15. The van der Waals surface area contributed by atoms with Gasteiger partial charge in [-0.2, -0.15) is 0 Å². The van der Waals surface area contributed by atoms with Crippen molar-refractivity contribution in [3.05, 3.63) is 54.4 Å². The Hall–Kier alpha value is -1.63. The van der Waals surface area contributed by atoms with Crippen molar-refractivity contribution in [1.82, 2.24) is 4.98 Å². The van der Waals surface area contributed by atoms with E-state index in [0.29, 0.717) is 0 Å². The lowest BCUT2D eigenvalue weighted by Gasteiger charge is -2.23. The molecule has 0 fully saturated rings. The molecule has 0 atom stereocenters. The summed E-state index contributed by atoms with van der Waals surface area (Å²) in [6.45, 7) is 6.80. The molecule has 2 aromatic rings. The Bertz CT molecular complexity index is 469. The Morgan fingerprint density at radius 1 is 1.00 bits per heavy atom. The van der Waals surface area contributed by atoms with Crippen LogP contribution in [0.25, 0.3) is 11.1 Å². The molecule has 0 N–H and O–H groups in total. The zero-order valence-corrected chi connectivity index (χ0v) is 10.8. The third-order valence-corrected chi connectivity index (χ3v) is 3.55. The van der Waals surface area contributed by atoms with Gasteiger partial charge in [0.05, 0.1) is 0 Å². The summed E-state index contributed by atoms with van der Waals surface area (Å²) in [7, 11) is 0. The Morgan fingerprint density at radius 3 is 2.24 bits per heavy atom. The number of aromatic nitrogens is 1. The molecule has 17 heavy (non-hydrogen) atoms. The highest BCUT2D eigenvalue weighted by molar-refractivity contribution is 5.62. The SMILES string of the molecule is CCC(C)(C)c1ccc(-c2cccnc2)cc1. The molecule has 1 aromatic carbocycles. The maximum absolute atomic E-state index is 4.15. The van der Waals surface area contributed by atoms with Crippen LogP contribution in [0.1, 0.15) is 32.8 Å². The highest BCUT2D eigenvalue weighted by Gasteiger charge is 2.17. The van der Waals surface area contributed by atoms with Crippen molar-refractivity contribution in [2.45, 2.75) is 32.6 Å². The van der Waals surface area contributed by atoms with Crippen LogP contribution in [0.3, 0.4) is 0 Å². The van der Waals surface area contributed by atoms with Crippen LogP contribution >= 0.6 is 0 Å². The van der Waals surface area contributed by atoms with Crippen LogP contribution in [0.15, 0.2) is 48.8 Å². The lowest BCUT2D eigenvalue weighted by Crippen LogP contribution is -2.14. The molecule has 0 aliphatic heterocycles. The first-order valence-electron chi connectivity index (χ1n) is 6.14. The van der Waals surface area contributed by atoms with E-state index in [4.69, 9.17) is 0 Å². The summed E-state index contributed by atoms with van der Waals surface area (Å²) in [5, 5.41) is 0. The molecule has 0 saturated carbocycles. The van der Waals surface area contributed by atoms with E-state index in [2.05, 4.69) is 56.1 Å². The molecule has 1 aromatic heterocycles. The molecule has 0 unspecified atom stereocenters. The molecule has 0 radical (unpaired) electrons. The van der Waals surface area contributed by atoms with Gasteiger partial charge in [0.2, 0.25) is 0 Å². The highest BCUT2D eigenvalue weighted by Crippen LogP contribution is 2.28. The minimum absolute atomic E-state index is 0.257. The zero-order chi connectivity index (χ0) is 12.3. The first-order chi connectivity index (χ1) is 8.13. The second-order valence-corrected chi connectivity index (χ2v) is 5.06. The summed E-state index contributed by atoms with van der Waals surface area (Å²) in [6, 6.07) is 12.9. The highest BCUT2D eigenvalue weighted by atomic mass is 14.6. The van der Waals surface area contributed by atoms with Gasteiger partial charge in [0, 0.05) is 12.4 Å². The van der Waals surface area contributed by atoms with E-state index in [1.165, 1.54) is 16.7 Å². The topological polar surface area (TPSA) is 12.9 Å². The smallest absolute Gasteiger partial charge is 0.0346 e. The molecular formula is C16H19N. The average Bonchev–Trinajstić information content (AvgIpc) is 2.40. The molecule has 1 nitrogen and oxygen atoms in total. The average molecular weight is 225 g/mol. The molecule has 2 rings (SSSR count). The van der Waals surface area contributed by atoms with Gasteiger partial charge < -0.3 is 0 Å². The van der Waals surface area contributed by atoms with E-state index in [1.54, 1.807) is 6.20 Å². The molecule has 1 heteroatoms. The van der Waals surface area contributed by atoms with Gasteiger partial charge in [0.15, 0.2) is 0 Å². The molecule has 0 aliphatic carbocycles. The molecule has 0 saturated heterocycles. The first kappa shape index (κ1) is 11.8. The third kappa shape index (κ3) is 2.55. The first-order valence-corrected chi connectivity index (χ1v) is 6.14. The minimum Gasteiger partial charge on any atom is -0.264 e. The molecule has 88 valence electrons. The molecule has 0 aliphatic rings. The van der Waals surface area contributed by atoms with E-state index in [1.807, 2.05) is 12.3 Å². The lowest BCUT2D eigenvalue weighted by atomic mass is 9.82. The lowest BCUT2D eigenvalue weighted by molar-refractivity contribution is 0.506. The second kappa shape index (κ2) is 4.70. The molecular weight excluding hydrogens is 206 g/mol. The third-order valence-electron chi connectivity index (χ3n) is 3.55. The van der Waals surface area contributed by atoms with Crippen molar-refractivity contribution in [3.63, 3.8) is 0 Å². The largest absolute Gasteiger partial charge is 0.264 e. The number of nitrogens with zero attached hydrogens (tertiary/aromatic N) is 1. The van der Waals surface area contributed by atoms with Crippen LogP contribution in [0, 0.1) is 0 Å². The van der Waals surface area contributed by atoms with Crippen molar-refractivity contribution in [1.29, 1.82) is 0 Å². The van der Waals surface area contributed by atoms with Crippen molar-refractivity contribution in [2.75, 3.05) is 0 Å². The van der Waals surface area contributed by atoms with Gasteiger partial charge in [-0.3, -0.25) is 4.98 Å². The van der Waals surface area contributed by atoms with Gasteiger partial charge in [-0.05, 0) is 34.6 Å². The Kier molecular flexibility index (Phi) is 3.28. The van der Waals surface area contributed by atoms with Crippen LogP contribution in [0.4, 0.5) is 0 Å². The van der Waals surface area contributed by atoms with Crippen LogP contribution in [-0.2, 0) is 5.41 Å². The quantitative estimate of drug-likeness (QED) is 0.752. The Morgan fingerprint density at radius 2 is 1.71 bits per heavy atom. The summed E-state index contributed by atoms with van der Waals surface area (Å²) in [6.07, 6.45) is 4.86. The number of pyridine rings is 1. The number of hydrogen-bond acceptors (Lipinski definition) is 1. The van der Waals surface area contributed by atoms with Crippen molar-refractivity contribution in [3.8, 4) is 11.1 Å². The standard InChI is InChI=1S/C16H19N/c1-4-16(2,3)15-9-7-13(8-10-15)14-6-5-11-17-12-14/h5-12H,4H2,1-3H3. The van der Waals surface area contributed by atoms with E-state index >= 15 is 0 Å². The van der Waals surface area contributed by atoms with Gasteiger partial charge >= 0.3 is 0 Å². The predicted octanol–water partition coefficient (Wildman–Crippen LogP) is 4.44. The van der Waals surface area contributed by atoms with E-state index < -0.39 is 0 Å². The maximum Gasteiger partial charge on any atom is 0.0346 e. The summed E-state index contributed by atoms with van der Waals surface area (Å²) >= 11 is 0. The monoisotopic (exact) mass is 225 g/mol. The van der Waals surface area contributed by atoms with Crippen molar-refractivity contribution in [2.24, 2.45) is 0 Å². The maximum atomic E-state index is 4.15. The van der Waals surface area contributed by atoms with Gasteiger partial charge in [-0.1, -0.05) is 51.1 Å². The van der Waals surface area contributed by atoms with Gasteiger partial charge in [0.25, 0.3) is 0 Å². The van der Waals surface area contributed by atoms with E-state index in [9.17, 15) is 0 Å². The molecule has 1 heterocycles. The zero-order valence-electron chi connectivity index (χ0n) is 10.8. The van der Waals surface area contributed by atoms with Gasteiger partial charge in [0.1, 0.15) is 0 Å². The van der Waals surface area contributed by atoms with E-state index in [0.717, 1.165) is 6.42 Å². The van der Waals surface area contributed by atoms with Crippen LogP contribution in [0.5, 0.6) is 0 Å². The fourth-order valence-corrected chi connectivity index (χ4v) is 1.85. The van der Waals surface area contributed by atoms with Gasteiger partial charge in [-0.25, -0.2) is 0 Å². The molecule has 0 amide bonds. The van der Waals surface area contributed by atoms with E-state index in [-0.39, 0.29) is 5.41 Å². The normalized spacial score (nSPS) is 11.5. The summed E-state index contributed by atoms with van der Waals surface area (Å²) in [5.41, 5.74) is 4.06. The van der Waals surface area contributed by atoms with Gasteiger partial charge in [-0.15, -0.1) is 0 Å². The van der Waals surface area contributed by atoms with Crippen LogP contribution < -0.4 is 0 Å². The van der Waals surface area contributed by atoms with Crippen LogP contribution in [0.2, 0.25) is 0 Å². The number of benzene rings is 1. The molecule has 0 spiro atoms. The predicted molar refractivity (Wildman–Crippen MR) is 73.0 cm³/mol. The second-order valence-electron chi connectivity index (χ2n) is 5.06. The van der Waals surface area contributed by atoms with Crippen LogP contribution in [-0.4, -0.2) is 4.98 Å². The fraction of sp³-hybridized carbons (Fsp3) is 0.312. The number of rotatable bonds is 3. The summed E-state index contributed by atoms with van der Waals surface area (Å²) < 4.78 is 0. The summed E-state index contributed by atoms with van der Waals surface area (Å²) in [5.74, 6) is 0. The Balaban J connectivity index is 2.31. The van der Waals surface area contributed by atoms with Crippen molar-refractivity contribution >= 4 is 0 Å². The minimum atomic E-state index is 0.257. The van der Waals surface area contributed by atoms with Crippen molar-refractivity contribution < 1.29 is 0 Å². The number of hydrogen-bond donors (Lipinski definition) is 0. The fourth-order valence-electron chi connectivity index (χ4n) is 1.85. The Labute approximate surface area is 104 Å².